The van der Waals surface area contributed by atoms with Gasteiger partial charge in [0.05, 0.1) is 0 Å². The van der Waals surface area contributed by atoms with Gasteiger partial charge in [-0.2, -0.15) is 0 Å². The van der Waals surface area contributed by atoms with Crippen molar-refractivity contribution < 1.29 is 15.3 Å². The molecule has 0 unspecified atom stereocenters. The zero-order valence-corrected chi connectivity index (χ0v) is 31.6. The number of benzene rings is 8. The number of rotatable bonds is 6. The summed E-state index contributed by atoms with van der Waals surface area (Å²) in [7, 11) is 0. The van der Waals surface area contributed by atoms with E-state index < -0.39 is 0 Å². The molecular formula is C52H44O3. The summed E-state index contributed by atoms with van der Waals surface area (Å²) in [5.41, 5.74) is 18.5. The maximum atomic E-state index is 9.77. The van der Waals surface area contributed by atoms with Gasteiger partial charge in [-0.3, -0.25) is 0 Å². The first-order valence-corrected chi connectivity index (χ1v) is 18.5. The Morgan fingerprint density at radius 2 is 0.436 bits per heavy atom. The molecule has 0 aromatic heterocycles. The monoisotopic (exact) mass is 716 g/mol. The van der Waals surface area contributed by atoms with E-state index in [1.165, 1.54) is 38.9 Å². The maximum Gasteiger partial charge on any atom is 0.115 e. The number of hydrogen-bond acceptors (Lipinski definition) is 3. The van der Waals surface area contributed by atoms with E-state index in [0.29, 0.717) is 0 Å². The number of aryl methyl sites for hydroxylation is 1. The first-order valence-electron chi connectivity index (χ1n) is 18.5. The molecule has 0 spiro atoms. The van der Waals surface area contributed by atoms with Gasteiger partial charge in [0.2, 0.25) is 0 Å². The Labute approximate surface area is 324 Å². The van der Waals surface area contributed by atoms with Gasteiger partial charge in [0.25, 0.3) is 0 Å². The fourth-order valence-electron chi connectivity index (χ4n) is 7.50. The van der Waals surface area contributed by atoms with Crippen molar-refractivity contribution in [2.75, 3.05) is 0 Å². The molecule has 0 aliphatic rings. The lowest BCUT2D eigenvalue weighted by molar-refractivity contribution is 0.475. The van der Waals surface area contributed by atoms with Gasteiger partial charge in [-0.05, 0) is 148 Å². The molecule has 8 aromatic carbocycles. The third-order valence-corrected chi connectivity index (χ3v) is 10.3. The number of aromatic hydroxyl groups is 3. The van der Waals surface area contributed by atoms with Gasteiger partial charge in [0.1, 0.15) is 17.2 Å². The van der Waals surface area contributed by atoms with Crippen molar-refractivity contribution in [2.45, 2.75) is 27.7 Å². The van der Waals surface area contributed by atoms with Crippen LogP contribution in [-0.2, 0) is 0 Å². The van der Waals surface area contributed by atoms with Crippen LogP contribution >= 0.6 is 0 Å². The van der Waals surface area contributed by atoms with Gasteiger partial charge in [0, 0.05) is 0 Å². The zero-order valence-electron chi connectivity index (χ0n) is 31.6. The largest absolute Gasteiger partial charge is 0.508 e. The normalized spacial score (nSPS) is 10.8. The lowest BCUT2D eigenvalue weighted by Crippen LogP contribution is -2.01. The fourth-order valence-corrected chi connectivity index (χ4v) is 7.50. The average Bonchev–Trinajstić information content (AvgIpc) is 3.20. The minimum Gasteiger partial charge on any atom is -0.508 e. The molecule has 8 aromatic rings. The molecule has 55 heavy (non-hydrogen) atoms. The SMILES string of the molecule is Cc1c(-c2ccc(-c3ccc(O)cc3)cc2)c(C)c(-c2ccc(-c3ccc(O)cc3)cc2)c(C)c1-c1ccc(-c2ccc(O)cc2)cc1.Cc1ccccc1. The summed E-state index contributed by atoms with van der Waals surface area (Å²) < 4.78 is 0. The van der Waals surface area contributed by atoms with Gasteiger partial charge < -0.3 is 15.3 Å². The smallest absolute Gasteiger partial charge is 0.115 e. The molecule has 0 fully saturated rings. The van der Waals surface area contributed by atoms with Crippen molar-refractivity contribution in [3.05, 3.63) is 198 Å². The summed E-state index contributed by atoms with van der Waals surface area (Å²) in [5.74, 6) is 0.774. The second-order valence-corrected chi connectivity index (χ2v) is 14.0. The van der Waals surface area contributed by atoms with Crippen molar-refractivity contribution in [1.29, 1.82) is 0 Å². The van der Waals surface area contributed by atoms with Crippen molar-refractivity contribution in [2.24, 2.45) is 0 Å². The van der Waals surface area contributed by atoms with Crippen LogP contribution in [0, 0.1) is 27.7 Å². The summed E-state index contributed by atoms with van der Waals surface area (Å²) in [5, 5.41) is 29.3. The van der Waals surface area contributed by atoms with E-state index in [1.54, 1.807) is 36.4 Å². The Kier molecular flexibility index (Phi) is 10.6. The highest BCUT2D eigenvalue weighted by atomic mass is 16.3. The molecule has 0 bridgehead atoms. The van der Waals surface area contributed by atoms with Gasteiger partial charge in [-0.25, -0.2) is 0 Å². The first-order chi connectivity index (χ1) is 26.7. The van der Waals surface area contributed by atoms with E-state index in [9.17, 15) is 15.3 Å². The molecule has 0 saturated heterocycles. The number of phenolic OH excluding ortho intramolecular Hbond substituents is 3. The number of phenols is 3. The summed E-state index contributed by atoms with van der Waals surface area (Å²) in [6.45, 7) is 8.76. The minimum atomic E-state index is 0.258. The van der Waals surface area contributed by atoms with Crippen LogP contribution in [0.25, 0.3) is 66.8 Å². The van der Waals surface area contributed by atoms with Crippen LogP contribution in [0.3, 0.4) is 0 Å². The molecule has 0 saturated carbocycles. The Morgan fingerprint density at radius 3 is 0.636 bits per heavy atom. The predicted molar refractivity (Wildman–Crippen MR) is 229 cm³/mol. The molecule has 0 radical (unpaired) electrons. The fraction of sp³-hybridized carbons (Fsp3) is 0.0769. The third kappa shape index (κ3) is 8.07. The molecule has 0 aliphatic heterocycles. The van der Waals surface area contributed by atoms with Gasteiger partial charge in [-0.1, -0.05) is 145 Å². The molecule has 8 rings (SSSR count). The topological polar surface area (TPSA) is 60.7 Å². The second-order valence-electron chi connectivity index (χ2n) is 14.0. The molecule has 3 N–H and O–H groups in total. The highest BCUT2D eigenvalue weighted by Gasteiger charge is 2.21. The van der Waals surface area contributed by atoms with Crippen molar-refractivity contribution in [1.82, 2.24) is 0 Å². The summed E-state index contributed by atoms with van der Waals surface area (Å²) in [6, 6.07) is 58.3. The van der Waals surface area contributed by atoms with Gasteiger partial charge in [-0.15, -0.1) is 0 Å². The maximum absolute atomic E-state index is 9.77. The summed E-state index contributed by atoms with van der Waals surface area (Å²) >= 11 is 0. The van der Waals surface area contributed by atoms with E-state index in [4.69, 9.17) is 0 Å². The molecule has 270 valence electrons. The third-order valence-electron chi connectivity index (χ3n) is 10.3. The number of hydrogen-bond donors (Lipinski definition) is 3. The second kappa shape index (κ2) is 16.0. The molecule has 3 nitrogen and oxygen atoms in total. The standard InChI is InChI=1S/C45H36O3.C7H8/c1-28-43(37-10-4-31(5-11-37)34-16-22-40(46)23-17-34)29(2)45(39-14-8-33(9-15-39)36-20-26-42(48)27-21-36)30(3)44(28)38-12-6-32(7-13-38)35-18-24-41(47)25-19-35;1-7-5-3-2-4-6-7/h4-27,46-48H,1-3H3;2-6H,1H3. The van der Waals surface area contributed by atoms with Crippen LogP contribution in [0.4, 0.5) is 0 Å². The van der Waals surface area contributed by atoms with Gasteiger partial charge >= 0.3 is 0 Å². The Balaban J connectivity index is 0.000000599. The zero-order chi connectivity index (χ0) is 38.5. The lowest BCUT2D eigenvalue weighted by atomic mass is 9.80. The van der Waals surface area contributed by atoms with Crippen LogP contribution in [-0.4, -0.2) is 15.3 Å². The Morgan fingerprint density at radius 1 is 0.236 bits per heavy atom. The molecule has 0 aliphatic carbocycles. The van der Waals surface area contributed by atoms with E-state index >= 15 is 0 Å². The highest BCUT2D eigenvalue weighted by Crippen LogP contribution is 2.44. The Hall–Kier alpha value is -6.84. The van der Waals surface area contributed by atoms with Crippen LogP contribution in [0.15, 0.2) is 176 Å². The van der Waals surface area contributed by atoms with Crippen LogP contribution in [0.2, 0.25) is 0 Å². The first kappa shape index (κ1) is 36.5. The minimum absolute atomic E-state index is 0.258. The van der Waals surface area contributed by atoms with Crippen LogP contribution in [0.1, 0.15) is 22.3 Å². The Bertz CT molecular complexity index is 2230. The molecule has 3 heteroatoms. The van der Waals surface area contributed by atoms with Crippen molar-refractivity contribution in [3.63, 3.8) is 0 Å². The van der Waals surface area contributed by atoms with Gasteiger partial charge in [0.15, 0.2) is 0 Å². The summed E-state index contributed by atoms with van der Waals surface area (Å²) in [6.07, 6.45) is 0. The highest BCUT2D eigenvalue weighted by molar-refractivity contribution is 5.92. The van der Waals surface area contributed by atoms with Crippen LogP contribution in [0.5, 0.6) is 17.2 Å². The van der Waals surface area contributed by atoms with Crippen molar-refractivity contribution >= 4 is 0 Å². The van der Waals surface area contributed by atoms with E-state index in [1.807, 2.05) is 54.6 Å². The van der Waals surface area contributed by atoms with Crippen LogP contribution < -0.4 is 0 Å². The average molecular weight is 717 g/mol. The predicted octanol–water partition coefficient (Wildman–Crippen LogP) is 13.7. The molecular weight excluding hydrogens is 673 g/mol. The van der Waals surface area contributed by atoms with E-state index in [0.717, 1.165) is 50.1 Å². The summed E-state index contributed by atoms with van der Waals surface area (Å²) in [4.78, 5) is 0. The van der Waals surface area contributed by atoms with E-state index in [2.05, 4.69) is 113 Å². The quantitative estimate of drug-likeness (QED) is 0.161. The molecule has 0 atom stereocenters. The lowest BCUT2D eigenvalue weighted by Gasteiger charge is -2.24. The molecule has 0 amide bonds. The van der Waals surface area contributed by atoms with Crippen molar-refractivity contribution in [3.8, 4) is 84.0 Å². The molecule has 0 heterocycles. The van der Waals surface area contributed by atoms with E-state index in [-0.39, 0.29) is 17.2 Å².